The summed E-state index contributed by atoms with van der Waals surface area (Å²) in [5.74, 6) is 0. The van der Waals surface area contributed by atoms with Gasteiger partial charge in [-0.25, -0.2) is 9.78 Å². The maximum atomic E-state index is 11.8. The summed E-state index contributed by atoms with van der Waals surface area (Å²) in [5, 5.41) is 18.1. The van der Waals surface area contributed by atoms with Crippen molar-refractivity contribution in [3.05, 3.63) is 0 Å². The Hall–Kier alpha value is -0.0100. The quantitative estimate of drug-likeness (QED) is 0.356. The van der Waals surface area contributed by atoms with Crippen LogP contribution in [0.4, 0.5) is 0 Å². The molecular weight excluding hydrogens is 275 g/mol. The average Bonchev–Trinajstić information content (AvgIpc) is 3.25. The van der Waals surface area contributed by atoms with E-state index in [1.54, 1.807) is 0 Å². The largest absolute Gasteiger partial charge is 0.396 e. The van der Waals surface area contributed by atoms with E-state index in [2.05, 4.69) is 0 Å². The molecule has 19 heavy (non-hydrogen) atoms. The fourth-order valence-corrected chi connectivity index (χ4v) is 2.07. The minimum absolute atomic E-state index is 0.0285. The highest BCUT2D eigenvalue weighted by molar-refractivity contribution is 7.52. The standard InChI is InChI=1S/C11H21O7P/c1-19(14,17-15-8-10(6-12)2-3-10)18-16-9-11(7-13)4-5-11/h12-13H,2-9H2,1H3. The Balaban J connectivity index is 1.60. The maximum absolute atomic E-state index is 11.8. The van der Waals surface area contributed by atoms with Gasteiger partial charge in [0.2, 0.25) is 0 Å². The van der Waals surface area contributed by atoms with E-state index in [1.165, 1.54) is 6.66 Å². The normalized spacial score (nSPS) is 23.3. The van der Waals surface area contributed by atoms with Crippen LogP contribution in [0.5, 0.6) is 0 Å². The van der Waals surface area contributed by atoms with E-state index in [1.807, 2.05) is 0 Å². The van der Waals surface area contributed by atoms with Crippen LogP contribution >= 0.6 is 7.60 Å². The highest BCUT2D eigenvalue weighted by Crippen LogP contribution is 2.50. The van der Waals surface area contributed by atoms with Crippen molar-refractivity contribution in [2.45, 2.75) is 25.7 Å². The van der Waals surface area contributed by atoms with Gasteiger partial charge in [-0.3, -0.25) is 4.57 Å². The van der Waals surface area contributed by atoms with Gasteiger partial charge in [-0.15, -0.1) is 9.35 Å². The van der Waals surface area contributed by atoms with E-state index >= 15 is 0 Å². The summed E-state index contributed by atoms with van der Waals surface area (Å²) in [4.78, 5) is 9.73. The van der Waals surface area contributed by atoms with Gasteiger partial charge in [0.15, 0.2) is 0 Å². The van der Waals surface area contributed by atoms with Crippen LogP contribution in [0.25, 0.3) is 0 Å². The van der Waals surface area contributed by atoms with Crippen LogP contribution in [0, 0.1) is 10.8 Å². The zero-order chi connectivity index (χ0) is 14.0. The first kappa shape index (κ1) is 15.4. The van der Waals surface area contributed by atoms with Crippen molar-refractivity contribution in [3.63, 3.8) is 0 Å². The van der Waals surface area contributed by atoms with Gasteiger partial charge < -0.3 is 10.2 Å². The van der Waals surface area contributed by atoms with E-state index in [9.17, 15) is 4.57 Å². The molecule has 0 spiro atoms. The summed E-state index contributed by atoms with van der Waals surface area (Å²) in [6, 6.07) is 0. The summed E-state index contributed by atoms with van der Waals surface area (Å²) in [5.41, 5.74) is -0.481. The van der Waals surface area contributed by atoms with Crippen LogP contribution < -0.4 is 0 Å². The van der Waals surface area contributed by atoms with Gasteiger partial charge in [-0.2, -0.15) is 0 Å². The van der Waals surface area contributed by atoms with Crippen LogP contribution in [0.1, 0.15) is 25.7 Å². The first-order valence-electron chi connectivity index (χ1n) is 6.37. The lowest BCUT2D eigenvalue weighted by molar-refractivity contribution is -0.277. The summed E-state index contributed by atoms with van der Waals surface area (Å²) in [6.07, 6.45) is 3.49. The van der Waals surface area contributed by atoms with Crippen LogP contribution in [0.3, 0.4) is 0 Å². The predicted octanol–water partition coefficient (Wildman–Crippen LogP) is 1.25. The summed E-state index contributed by atoms with van der Waals surface area (Å²) in [6.45, 7) is 1.67. The highest BCUT2D eigenvalue weighted by Gasteiger charge is 2.44. The number of hydrogen-bond acceptors (Lipinski definition) is 7. The van der Waals surface area contributed by atoms with Gasteiger partial charge in [0, 0.05) is 17.5 Å². The lowest BCUT2D eigenvalue weighted by Crippen LogP contribution is -2.16. The molecule has 7 nitrogen and oxygen atoms in total. The second-order valence-corrected chi connectivity index (χ2v) is 7.60. The topological polar surface area (TPSA) is 94.5 Å². The van der Waals surface area contributed by atoms with Crippen molar-refractivity contribution in [1.29, 1.82) is 0 Å². The van der Waals surface area contributed by atoms with Gasteiger partial charge >= 0.3 is 7.60 Å². The van der Waals surface area contributed by atoms with E-state index in [4.69, 9.17) is 29.3 Å². The minimum atomic E-state index is -3.44. The molecule has 0 aromatic carbocycles. The molecule has 0 aliphatic heterocycles. The molecule has 2 aliphatic carbocycles. The first-order valence-corrected chi connectivity index (χ1v) is 8.36. The molecule has 0 heterocycles. The number of aliphatic hydroxyl groups is 2. The highest BCUT2D eigenvalue weighted by atomic mass is 31.2. The maximum Gasteiger partial charge on any atom is 0.381 e. The third-order valence-electron chi connectivity index (χ3n) is 3.69. The van der Waals surface area contributed by atoms with Crippen molar-refractivity contribution in [2.24, 2.45) is 10.8 Å². The van der Waals surface area contributed by atoms with Crippen LogP contribution in [0.15, 0.2) is 0 Å². The van der Waals surface area contributed by atoms with Gasteiger partial charge in [-0.1, -0.05) is 0 Å². The van der Waals surface area contributed by atoms with E-state index < -0.39 is 7.60 Å². The molecule has 0 saturated heterocycles. The first-order chi connectivity index (χ1) is 8.95. The second-order valence-electron chi connectivity index (χ2n) is 5.76. The number of hydrogen-bond donors (Lipinski definition) is 2. The van der Waals surface area contributed by atoms with Crippen molar-refractivity contribution >= 4 is 7.60 Å². The molecular formula is C11H21O7P. The molecule has 2 N–H and O–H groups in total. The van der Waals surface area contributed by atoms with E-state index in [0.717, 1.165) is 25.7 Å². The third kappa shape index (κ3) is 4.49. The average molecular weight is 296 g/mol. The van der Waals surface area contributed by atoms with Crippen LogP contribution in [-0.2, 0) is 23.7 Å². The summed E-state index contributed by atoms with van der Waals surface area (Å²) >= 11 is 0. The molecule has 8 heteroatoms. The van der Waals surface area contributed by atoms with Crippen molar-refractivity contribution in [3.8, 4) is 0 Å². The molecule has 2 fully saturated rings. The molecule has 0 aromatic rings. The summed E-state index contributed by atoms with van der Waals surface area (Å²) < 4.78 is 21.2. The predicted molar refractivity (Wildman–Crippen MR) is 65.1 cm³/mol. The molecule has 0 bridgehead atoms. The smallest absolute Gasteiger partial charge is 0.381 e. The fourth-order valence-electron chi connectivity index (χ4n) is 1.56. The monoisotopic (exact) mass is 296 g/mol. The van der Waals surface area contributed by atoms with Crippen LogP contribution in [-0.4, -0.2) is 43.3 Å². The Morgan fingerprint density at radius 3 is 1.58 bits per heavy atom. The zero-order valence-electron chi connectivity index (χ0n) is 11.0. The molecule has 2 saturated carbocycles. The molecule has 2 rings (SSSR count). The summed E-state index contributed by atoms with van der Waals surface area (Å²) in [7, 11) is -3.44. The Morgan fingerprint density at radius 1 is 0.947 bits per heavy atom. The molecule has 0 aromatic heterocycles. The fraction of sp³-hybridized carbons (Fsp3) is 1.00. The van der Waals surface area contributed by atoms with Gasteiger partial charge in [0.25, 0.3) is 0 Å². The Bertz CT molecular complexity index is 321. The van der Waals surface area contributed by atoms with Crippen LogP contribution in [0.2, 0.25) is 0 Å². The lowest BCUT2D eigenvalue weighted by Gasteiger charge is -2.16. The molecule has 112 valence electrons. The SMILES string of the molecule is CP(=O)(OOCC1(CO)CC1)OOCC1(CO)CC1. The number of rotatable bonds is 10. The number of aliphatic hydroxyl groups excluding tert-OH is 2. The van der Waals surface area contributed by atoms with Gasteiger partial charge in [0.05, 0.1) is 26.4 Å². The molecule has 0 unspecified atom stereocenters. The Labute approximate surface area is 112 Å². The van der Waals surface area contributed by atoms with Crippen molar-refractivity contribution in [1.82, 2.24) is 0 Å². The van der Waals surface area contributed by atoms with Gasteiger partial charge in [0.1, 0.15) is 0 Å². The zero-order valence-corrected chi connectivity index (χ0v) is 11.9. The van der Waals surface area contributed by atoms with E-state index in [0.29, 0.717) is 0 Å². The minimum Gasteiger partial charge on any atom is -0.396 e. The Morgan fingerprint density at radius 2 is 1.32 bits per heavy atom. The third-order valence-corrected chi connectivity index (χ3v) is 4.44. The Kier molecular flexibility index (Phi) is 4.67. The van der Waals surface area contributed by atoms with Crippen molar-refractivity contribution < 1.29 is 33.9 Å². The molecule has 2 aliphatic rings. The van der Waals surface area contributed by atoms with Crippen molar-refractivity contribution in [2.75, 3.05) is 33.1 Å². The van der Waals surface area contributed by atoms with Gasteiger partial charge in [-0.05, 0) is 25.7 Å². The molecule has 0 atom stereocenters. The molecule has 0 amide bonds. The second kappa shape index (κ2) is 5.77. The lowest BCUT2D eigenvalue weighted by atomic mass is 10.1. The molecule has 0 radical (unpaired) electrons. The van der Waals surface area contributed by atoms with E-state index in [-0.39, 0.29) is 37.3 Å².